The van der Waals surface area contributed by atoms with Crippen LogP contribution in [-0.2, 0) is 18.4 Å². The number of furan rings is 1. The molecule has 3 heterocycles. The monoisotopic (exact) mass is 365 g/mol. The molecule has 1 amide bonds. The van der Waals surface area contributed by atoms with E-state index in [9.17, 15) is 9.59 Å². The van der Waals surface area contributed by atoms with Crippen LogP contribution in [0.5, 0.6) is 0 Å². The first-order chi connectivity index (χ1) is 13.0. The first-order valence-electron chi connectivity index (χ1n) is 8.60. The molecule has 0 bridgehead atoms. The van der Waals surface area contributed by atoms with Crippen molar-refractivity contribution in [3.63, 3.8) is 0 Å². The molecule has 1 aromatic carbocycles. The Labute approximate surface area is 154 Å². The van der Waals surface area contributed by atoms with E-state index in [2.05, 4.69) is 15.4 Å². The molecule has 0 spiro atoms. The lowest BCUT2D eigenvalue weighted by molar-refractivity contribution is -0.122. The maximum absolute atomic E-state index is 12.7. The third-order valence-electron chi connectivity index (χ3n) is 4.78. The average molecular weight is 365 g/mol. The van der Waals surface area contributed by atoms with E-state index in [0.29, 0.717) is 11.1 Å². The number of rotatable bonds is 4. The van der Waals surface area contributed by atoms with Gasteiger partial charge in [0.25, 0.3) is 5.56 Å². The van der Waals surface area contributed by atoms with Crippen LogP contribution in [0.25, 0.3) is 22.1 Å². The molecule has 0 radical (unpaired) electrons. The second-order valence-corrected chi connectivity index (χ2v) is 6.55. The lowest BCUT2D eigenvalue weighted by Crippen LogP contribution is -2.34. The maximum Gasteiger partial charge on any atom is 0.297 e. The summed E-state index contributed by atoms with van der Waals surface area (Å²) < 4.78 is 8.64. The van der Waals surface area contributed by atoms with Crippen LogP contribution in [0.1, 0.15) is 24.2 Å². The predicted octanol–water partition coefficient (Wildman–Crippen LogP) is 2.06. The van der Waals surface area contributed by atoms with Crippen LogP contribution in [0.3, 0.4) is 0 Å². The Kier molecular flexibility index (Phi) is 4.02. The van der Waals surface area contributed by atoms with Gasteiger partial charge < -0.3 is 9.73 Å². The number of hydrogen-bond donors (Lipinski definition) is 1. The number of benzene rings is 1. The van der Waals surface area contributed by atoms with Gasteiger partial charge in [0.1, 0.15) is 17.6 Å². The third kappa shape index (κ3) is 2.88. The maximum atomic E-state index is 12.7. The molecular weight excluding hydrogens is 346 g/mol. The van der Waals surface area contributed by atoms with Crippen LogP contribution >= 0.6 is 0 Å². The Balaban J connectivity index is 1.58. The molecule has 0 saturated heterocycles. The van der Waals surface area contributed by atoms with Gasteiger partial charge in [-0.3, -0.25) is 18.8 Å². The molecule has 0 fully saturated rings. The van der Waals surface area contributed by atoms with Gasteiger partial charge in [0.15, 0.2) is 0 Å². The zero-order chi connectivity index (χ0) is 19.1. The molecule has 138 valence electrons. The van der Waals surface area contributed by atoms with Crippen LogP contribution in [0.4, 0.5) is 0 Å². The molecule has 0 unspecified atom stereocenters. The standard InChI is InChI=1S/C19H19N5O3/c1-11(14-8-21-23(3)12(14)2)22-16(25)9-24-10-20-17-13-6-4-5-7-15(13)27-18(17)19(24)26/h4-8,10-11H,9H2,1-3H3,(H,22,25)/t11-/m0/s1. The van der Waals surface area contributed by atoms with E-state index in [1.54, 1.807) is 16.9 Å². The summed E-state index contributed by atoms with van der Waals surface area (Å²) in [6.07, 6.45) is 3.11. The highest BCUT2D eigenvalue weighted by Gasteiger charge is 2.17. The van der Waals surface area contributed by atoms with Gasteiger partial charge in [-0.1, -0.05) is 12.1 Å². The largest absolute Gasteiger partial charge is 0.448 e. The predicted molar refractivity (Wildman–Crippen MR) is 100 cm³/mol. The highest BCUT2D eigenvalue weighted by molar-refractivity contribution is 6.01. The Morgan fingerprint density at radius 1 is 1.33 bits per heavy atom. The molecule has 0 aliphatic heterocycles. The van der Waals surface area contributed by atoms with Crippen LogP contribution < -0.4 is 10.9 Å². The third-order valence-corrected chi connectivity index (χ3v) is 4.78. The number of aromatic nitrogens is 4. The molecule has 3 aromatic heterocycles. The SMILES string of the molecule is Cc1c([C@H](C)NC(=O)Cn2cnc3c(oc4ccccc43)c2=O)cnn1C. The van der Waals surface area contributed by atoms with Gasteiger partial charge >= 0.3 is 0 Å². The second-order valence-electron chi connectivity index (χ2n) is 6.55. The number of nitrogens with one attached hydrogen (secondary N) is 1. The minimum atomic E-state index is -0.378. The number of hydrogen-bond acceptors (Lipinski definition) is 5. The highest BCUT2D eigenvalue weighted by Crippen LogP contribution is 2.24. The molecular formula is C19H19N5O3. The lowest BCUT2D eigenvalue weighted by atomic mass is 10.1. The average Bonchev–Trinajstić information content (AvgIpc) is 3.18. The molecule has 0 aliphatic rings. The summed E-state index contributed by atoms with van der Waals surface area (Å²) in [7, 11) is 1.85. The Bertz CT molecular complexity index is 1220. The molecule has 27 heavy (non-hydrogen) atoms. The summed E-state index contributed by atoms with van der Waals surface area (Å²) in [5.41, 5.74) is 2.79. The van der Waals surface area contributed by atoms with E-state index >= 15 is 0 Å². The van der Waals surface area contributed by atoms with Crippen LogP contribution in [0.2, 0.25) is 0 Å². The minimum absolute atomic E-state index is 0.136. The van der Waals surface area contributed by atoms with E-state index in [0.717, 1.165) is 16.6 Å². The van der Waals surface area contributed by atoms with Crippen molar-refractivity contribution in [3.8, 4) is 0 Å². The van der Waals surface area contributed by atoms with Crippen molar-refractivity contribution in [2.45, 2.75) is 26.4 Å². The van der Waals surface area contributed by atoms with Gasteiger partial charge in [0.2, 0.25) is 11.5 Å². The fourth-order valence-corrected chi connectivity index (χ4v) is 3.19. The van der Waals surface area contributed by atoms with Crippen molar-refractivity contribution in [1.29, 1.82) is 0 Å². The fourth-order valence-electron chi connectivity index (χ4n) is 3.19. The number of aryl methyl sites for hydroxylation is 1. The van der Waals surface area contributed by atoms with Crippen molar-refractivity contribution in [2.24, 2.45) is 7.05 Å². The van der Waals surface area contributed by atoms with Crippen molar-refractivity contribution < 1.29 is 9.21 Å². The smallest absolute Gasteiger partial charge is 0.297 e. The van der Waals surface area contributed by atoms with Crippen LogP contribution in [0.15, 0.2) is 46.0 Å². The van der Waals surface area contributed by atoms with Crippen molar-refractivity contribution in [3.05, 3.63) is 58.4 Å². The van der Waals surface area contributed by atoms with E-state index in [1.807, 2.05) is 39.1 Å². The summed E-state index contributed by atoms with van der Waals surface area (Å²) in [6.45, 7) is 3.68. The first kappa shape index (κ1) is 17.0. The summed E-state index contributed by atoms with van der Waals surface area (Å²) in [5.74, 6) is -0.287. The summed E-state index contributed by atoms with van der Waals surface area (Å²) >= 11 is 0. The number of carbonyl (C=O) groups is 1. The van der Waals surface area contributed by atoms with E-state index in [1.165, 1.54) is 10.9 Å². The number of amides is 1. The highest BCUT2D eigenvalue weighted by atomic mass is 16.3. The molecule has 0 aliphatic carbocycles. The number of para-hydroxylation sites is 1. The molecule has 1 N–H and O–H groups in total. The van der Waals surface area contributed by atoms with Crippen LogP contribution in [0, 0.1) is 6.92 Å². The van der Waals surface area contributed by atoms with E-state index < -0.39 is 0 Å². The molecule has 1 atom stereocenters. The summed E-state index contributed by atoms with van der Waals surface area (Å²) in [6, 6.07) is 7.11. The first-order valence-corrected chi connectivity index (χ1v) is 8.60. The number of nitrogens with zero attached hydrogens (tertiary/aromatic N) is 4. The molecule has 4 aromatic rings. The Morgan fingerprint density at radius 2 is 2.11 bits per heavy atom. The second kappa shape index (κ2) is 6.39. The van der Waals surface area contributed by atoms with Gasteiger partial charge in [-0.2, -0.15) is 5.10 Å². The zero-order valence-electron chi connectivity index (χ0n) is 15.3. The van der Waals surface area contributed by atoms with Crippen molar-refractivity contribution >= 4 is 28.0 Å². The van der Waals surface area contributed by atoms with Gasteiger partial charge in [0.05, 0.1) is 18.6 Å². The zero-order valence-corrected chi connectivity index (χ0v) is 15.3. The minimum Gasteiger partial charge on any atom is -0.448 e. The lowest BCUT2D eigenvalue weighted by Gasteiger charge is -2.14. The Hall–Kier alpha value is -3.42. The Morgan fingerprint density at radius 3 is 2.85 bits per heavy atom. The van der Waals surface area contributed by atoms with Gasteiger partial charge in [-0.15, -0.1) is 0 Å². The van der Waals surface area contributed by atoms with Gasteiger partial charge in [-0.25, -0.2) is 4.98 Å². The molecule has 8 heteroatoms. The normalized spacial score (nSPS) is 12.6. The number of carbonyl (C=O) groups excluding carboxylic acids is 1. The molecule has 8 nitrogen and oxygen atoms in total. The van der Waals surface area contributed by atoms with Gasteiger partial charge in [-0.05, 0) is 26.0 Å². The van der Waals surface area contributed by atoms with Crippen molar-refractivity contribution in [2.75, 3.05) is 0 Å². The van der Waals surface area contributed by atoms with E-state index in [-0.39, 0.29) is 29.6 Å². The quantitative estimate of drug-likeness (QED) is 0.597. The fraction of sp³-hybridized carbons (Fsp3) is 0.263. The van der Waals surface area contributed by atoms with Crippen LogP contribution in [-0.4, -0.2) is 25.2 Å². The number of fused-ring (bicyclic) bond motifs is 3. The molecule has 0 saturated carbocycles. The summed E-state index contributed by atoms with van der Waals surface area (Å²) in [5, 5.41) is 7.86. The topological polar surface area (TPSA) is 94.9 Å². The van der Waals surface area contributed by atoms with Crippen molar-refractivity contribution in [1.82, 2.24) is 24.6 Å². The molecule has 4 rings (SSSR count). The van der Waals surface area contributed by atoms with E-state index in [4.69, 9.17) is 4.42 Å². The van der Waals surface area contributed by atoms with Gasteiger partial charge in [0, 0.05) is 23.7 Å². The summed E-state index contributed by atoms with van der Waals surface area (Å²) in [4.78, 5) is 29.4.